The van der Waals surface area contributed by atoms with Crippen molar-refractivity contribution in [2.75, 3.05) is 0 Å². The van der Waals surface area contributed by atoms with E-state index in [2.05, 4.69) is 102 Å². The zero-order valence-corrected chi connectivity index (χ0v) is 20.5. The van der Waals surface area contributed by atoms with Gasteiger partial charge in [0.05, 0.1) is 0 Å². The van der Waals surface area contributed by atoms with Crippen molar-refractivity contribution in [2.24, 2.45) is 0 Å². The minimum atomic E-state index is 1.07. The fourth-order valence-electron chi connectivity index (χ4n) is 5.51. The highest BCUT2D eigenvalue weighted by Gasteiger charge is 2.31. The predicted octanol–water partition coefficient (Wildman–Crippen LogP) is 8.43. The second-order valence-electron chi connectivity index (χ2n) is 9.58. The predicted molar refractivity (Wildman–Crippen MR) is 144 cm³/mol. The van der Waals surface area contributed by atoms with E-state index in [1.165, 1.54) is 83.3 Å². The minimum Gasteiger partial charge on any atom is -0.191 e. The van der Waals surface area contributed by atoms with Crippen LogP contribution in [-0.4, -0.2) is 0 Å². The molecule has 1 heterocycles. The van der Waals surface area contributed by atoms with Gasteiger partial charge in [-0.2, -0.15) is 4.57 Å². The molecular weight excluding hydrogens is 410 g/mol. The van der Waals surface area contributed by atoms with Crippen molar-refractivity contribution in [3.63, 3.8) is 0 Å². The van der Waals surface area contributed by atoms with E-state index < -0.39 is 0 Å². The molecule has 1 nitrogen and oxygen atoms in total. The number of benzene rings is 3. The number of hydrogen-bond donors (Lipinski definition) is 0. The molecule has 0 saturated heterocycles. The van der Waals surface area contributed by atoms with Crippen molar-refractivity contribution in [3.05, 3.63) is 102 Å². The second-order valence-corrected chi connectivity index (χ2v) is 9.58. The molecule has 3 aromatic carbocycles. The quantitative estimate of drug-likeness (QED) is 0.179. The standard InChI is InChI=1S/C33H36N/c1-2-3-4-5-6-15-24-34-32(28-19-11-8-12-20-28)25-31(26-16-9-7-10-17-26)30-23-22-27-18-13-14-21-29(27)33(30)34/h7-14,16-21,25H,2-6,15,22-24H2,1H3/q+1. The van der Waals surface area contributed by atoms with Crippen LogP contribution in [0.4, 0.5) is 0 Å². The summed E-state index contributed by atoms with van der Waals surface area (Å²) in [6, 6.07) is 33.5. The average Bonchev–Trinajstić information content (AvgIpc) is 2.91. The molecule has 1 aliphatic rings. The van der Waals surface area contributed by atoms with Crippen LogP contribution >= 0.6 is 0 Å². The van der Waals surface area contributed by atoms with E-state index in [1.54, 1.807) is 0 Å². The van der Waals surface area contributed by atoms with Gasteiger partial charge in [0.1, 0.15) is 6.54 Å². The van der Waals surface area contributed by atoms with Gasteiger partial charge >= 0.3 is 0 Å². The monoisotopic (exact) mass is 446 g/mol. The molecule has 5 rings (SSSR count). The van der Waals surface area contributed by atoms with Crippen molar-refractivity contribution in [3.8, 4) is 33.6 Å². The molecule has 0 atom stereocenters. The fraction of sp³-hybridized carbons (Fsp3) is 0.303. The van der Waals surface area contributed by atoms with Crippen LogP contribution in [0.15, 0.2) is 91.0 Å². The molecule has 0 amide bonds. The molecule has 0 radical (unpaired) electrons. The number of nitrogens with zero attached hydrogens (tertiary/aromatic N) is 1. The molecule has 0 unspecified atom stereocenters. The molecule has 0 N–H and O–H groups in total. The lowest BCUT2D eigenvalue weighted by atomic mass is 9.83. The number of aryl methyl sites for hydroxylation is 1. The first kappa shape index (κ1) is 22.6. The van der Waals surface area contributed by atoms with E-state index in [1.807, 2.05) is 0 Å². The Morgan fingerprint density at radius 3 is 2.03 bits per heavy atom. The van der Waals surface area contributed by atoms with Gasteiger partial charge in [0.25, 0.3) is 0 Å². The molecule has 1 aliphatic carbocycles. The zero-order valence-electron chi connectivity index (χ0n) is 20.5. The molecule has 1 heteroatoms. The lowest BCUT2D eigenvalue weighted by Crippen LogP contribution is -2.41. The van der Waals surface area contributed by atoms with Gasteiger partial charge in [0.2, 0.25) is 11.4 Å². The molecule has 4 aromatic rings. The van der Waals surface area contributed by atoms with Crippen molar-refractivity contribution < 1.29 is 4.57 Å². The maximum Gasteiger partial charge on any atom is 0.217 e. The summed E-state index contributed by atoms with van der Waals surface area (Å²) in [5.41, 5.74) is 11.2. The molecule has 1 aromatic heterocycles. The van der Waals surface area contributed by atoms with Crippen molar-refractivity contribution >= 4 is 0 Å². The Labute approximate surface area is 205 Å². The summed E-state index contributed by atoms with van der Waals surface area (Å²) in [6.45, 7) is 3.36. The van der Waals surface area contributed by atoms with Crippen molar-refractivity contribution in [2.45, 2.75) is 64.8 Å². The first-order chi connectivity index (χ1) is 16.9. The highest BCUT2D eigenvalue weighted by molar-refractivity contribution is 5.80. The minimum absolute atomic E-state index is 1.07. The van der Waals surface area contributed by atoms with Crippen LogP contribution in [0.2, 0.25) is 0 Å². The first-order valence-electron chi connectivity index (χ1n) is 13.2. The SMILES string of the molecule is CCCCCCCC[n+]1c(-c2ccccc2)cc(-c2ccccc2)c2c1-c1ccccc1CC2. The van der Waals surface area contributed by atoms with Gasteiger partial charge in [-0.3, -0.25) is 0 Å². The van der Waals surface area contributed by atoms with Gasteiger partial charge in [0, 0.05) is 29.2 Å². The summed E-state index contributed by atoms with van der Waals surface area (Å²) in [4.78, 5) is 0. The molecule has 0 bridgehead atoms. The molecule has 172 valence electrons. The summed E-state index contributed by atoms with van der Waals surface area (Å²) in [5, 5.41) is 0. The van der Waals surface area contributed by atoms with Crippen LogP contribution < -0.4 is 4.57 Å². The Morgan fingerprint density at radius 1 is 0.618 bits per heavy atom. The Morgan fingerprint density at radius 2 is 1.26 bits per heavy atom. The third-order valence-corrected chi connectivity index (χ3v) is 7.26. The summed E-state index contributed by atoms with van der Waals surface area (Å²) < 4.78 is 2.65. The number of hydrogen-bond acceptors (Lipinski definition) is 0. The Hall–Kier alpha value is -3.19. The van der Waals surface area contributed by atoms with E-state index in [0.29, 0.717) is 0 Å². The van der Waals surface area contributed by atoms with E-state index in [-0.39, 0.29) is 0 Å². The normalized spacial score (nSPS) is 12.3. The highest BCUT2D eigenvalue weighted by Crippen LogP contribution is 2.39. The van der Waals surface area contributed by atoms with Gasteiger partial charge in [-0.15, -0.1) is 0 Å². The molecule has 0 saturated carbocycles. The third kappa shape index (κ3) is 4.71. The number of unbranched alkanes of at least 4 members (excludes halogenated alkanes) is 5. The van der Waals surface area contributed by atoms with E-state index in [4.69, 9.17) is 0 Å². The number of rotatable bonds is 9. The summed E-state index contributed by atoms with van der Waals surface area (Å²) >= 11 is 0. The Kier molecular flexibility index (Phi) is 7.19. The molecule has 34 heavy (non-hydrogen) atoms. The van der Waals surface area contributed by atoms with Crippen LogP contribution in [0.25, 0.3) is 33.6 Å². The van der Waals surface area contributed by atoms with E-state index >= 15 is 0 Å². The number of fused-ring (bicyclic) bond motifs is 3. The maximum absolute atomic E-state index is 2.65. The third-order valence-electron chi connectivity index (χ3n) is 7.26. The van der Waals surface area contributed by atoms with Crippen LogP contribution in [0, 0.1) is 0 Å². The van der Waals surface area contributed by atoms with Gasteiger partial charge in [-0.1, -0.05) is 99.3 Å². The highest BCUT2D eigenvalue weighted by atomic mass is 15.0. The van der Waals surface area contributed by atoms with Gasteiger partial charge in [-0.05, 0) is 54.2 Å². The van der Waals surface area contributed by atoms with Crippen LogP contribution in [0.5, 0.6) is 0 Å². The molecule has 0 aliphatic heterocycles. The Balaban J connectivity index is 1.67. The maximum atomic E-state index is 2.65. The van der Waals surface area contributed by atoms with Crippen LogP contribution in [0.1, 0.15) is 56.6 Å². The fourth-order valence-corrected chi connectivity index (χ4v) is 5.51. The summed E-state index contributed by atoms with van der Waals surface area (Å²) in [7, 11) is 0. The zero-order chi connectivity index (χ0) is 23.2. The molecule has 0 spiro atoms. The van der Waals surface area contributed by atoms with Crippen molar-refractivity contribution in [1.29, 1.82) is 0 Å². The van der Waals surface area contributed by atoms with E-state index in [9.17, 15) is 0 Å². The second kappa shape index (κ2) is 10.8. The van der Waals surface area contributed by atoms with Crippen molar-refractivity contribution in [1.82, 2.24) is 0 Å². The molecule has 0 fully saturated rings. The lowest BCUT2D eigenvalue weighted by Gasteiger charge is -2.23. The smallest absolute Gasteiger partial charge is 0.191 e. The summed E-state index contributed by atoms with van der Waals surface area (Å²) in [5.74, 6) is 0. The Bertz CT molecular complexity index is 1220. The van der Waals surface area contributed by atoms with Gasteiger partial charge < -0.3 is 0 Å². The topological polar surface area (TPSA) is 3.88 Å². The van der Waals surface area contributed by atoms with E-state index in [0.717, 1.165) is 19.4 Å². The average molecular weight is 447 g/mol. The van der Waals surface area contributed by atoms with Gasteiger partial charge in [-0.25, -0.2) is 0 Å². The number of pyridine rings is 1. The largest absolute Gasteiger partial charge is 0.217 e. The van der Waals surface area contributed by atoms with Crippen LogP contribution in [0.3, 0.4) is 0 Å². The first-order valence-corrected chi connectivity index (χ1v) is 13.2. The number of aromatic nitrogens is 1. The molecular formula is C33H36N+. The van der Waals surface area contributed by atoms with Gasteiger partial charge in [0.15, 0.2) is 0 Å². The van der Waals surface area contributed by atoms with Crippen LogP contribution in [-0.2, 0) is 19.4 Å². The lowest BCUT2D eigenvalue weighted by molar-refractivity contribution is -0.676. The summed E-state index contributed by atoms with van der Waals surface area (Å²) in [6.07, 6.45) is 10.1.